The molecular formula is C33H27N3O6S2. The first-order chi connectivity index (χ1) is 21.4. The second-order valence-corrected chi connectivity index (χ2v) is 12.1. The molecule has 1 aliphatic heterocycles. The minimum absolute atomic E-state index is 0.00912. The molecule has 0 saturated carbocycles. The van der Waals surface area contributed by atoms with Gasteiger partial charge in [0.25, 0.3) is 5.91 Å². The molecule has 1 aliphatic rings. The lowest BCUT2D eigenvalue weighted by atomic mass is 9.95. The van der Waals surface area contributed by atoms with Crippen molar-refractivity contribution in [3.63, 3.8) is 0 Å². The molecule has 44 heavy (non-hydrogen) atoms. The van der Waals surface area contributed by atoms with E-state index in [1.54, 1.807) is 31.2 Å². The molecule has 0 saturated heterocycles. The Morgan fingerprint density at radius 2 is 1.70 bits per heavy atom. The van der Waals surface area contributed by atoms with E-state index in [0.29, 0.717) is 39.5 Å². The van der Waals surface area contributed by atoms with Crippen molar-refractivity contribution in [2.24, 2.45) is 0 Å². The average molecular weight is 626 g/mol. The van der Waals surface area contributed by atoms with Gasteiger partial charge in [-0.3, -0.25) is 14.5 Å². The number of amides is 1. The summed E-state index contributed by atoms with van der Waals surface area (Å²) in [5.74, 6) is 0.0321. The molecule has 11 heteroatoms. The molecule has 6 rings (SSSR count). The topological polar surface area (TPSA) is 115 Å². The maximum Gasteiger partial charge on any atom is 0.296 e. The van der Waals surface area contributed by atoms with E-state index in [-0.39, 0.29) is 16.5 Å². The third kappa shape index (κ3) is 5.97. The number of aliphatic hydroxyl groups is 1. The molecule has 1 unspecified atom stereocenters. The lowest BCUT2D eigenvalue weighted by molar-refractivity contribution is -0.117. The van der Waals surface area contributed by atoms with Crippen molar-refractivity contribution >= 4 is 39.9 Å². The Morgan fingerprint density at radius 1 is 0.977 bits per heavy atom. The average Bonchev–Trinajstić information content (AvgIpc) is 3.77. The van der Waals surface area contributed by atoms with Crippen molar-refractivity contribution in [1.29, 1.82) is 0 Å². The molecule has 2 aromatic heterocycles. The molecule has 0 aliphatic carbocycles. The lowest BCUT2D eigenvalue weighted by Crippen LogP contribution is -2.31. The number of hydrogen-bond donors (Lipinski definition) is 1. The number of furan rings is 1. The summed E-state index contributed by atoms with van der Waals surface area (Å²) < 4.78 is 17.9. The van der Waals surface area contributed by atoms with E-state index in [1.807, 2.05) is 60.7 Å². The zero-order chi connectivity index (χ0) is 30.6. The highest BCUT2D eigenvalue weighted by Gasteiger charge is 2.47. The Bertz CT molecular complexity index is 1830. The van der Waals surface area contributed by atoms with Crippen LogP contribution in [-0.2, 0) is 17.2 Å². The van der Waals surface area contributed by atoms with Crippen LogP contribution in [0.5, 0.6) is 11.5 Å². The third-order valence-electron chi connectivity index (χ3n) is 6.96. The first-order valence-corrected chi connectivity index (χ1v) is 15.5. The number of aromatic nitrogens is 2. The van der Waals surface area contributed by atoms with Crippen molar-refractivity contribution in [2.45, 2.75) is 29.7 Å². The number of aryl methyl sites for hydroxylation is 1. The van der Waals surface area contributed by atoms with Crippen LogP contribution in [0.2, 0.25) is 0 Å². The lowest BCUT2D eigenvalue weighted by Gasteiger charge is -2.24. The zero-order valence-corrected chi connectivity index (χ0v) is 25.4. The van der Waals surface area contributed by atoms with Gasteiger partial charge in [0.05, 0.1) is 18.7 Å². The largest absolute Gasteiger partial charge is 0.503 e. The van der Waals surface area contributed by atoms with E-state index in [1.165, 1.54) is 41.2 Å². The van der Waals surface area contributed by atoms with Crippen LogP contribution in [0, 0.1) is 6.92 Å². The number of aliphatic hydroxyl groups excluding tert-OH is 1. The minimum atomic E-state index is -1.03. The van der Waals surface area contributed by atoms with Crippen LogP contribution in [0.4, 0.5) is 5.13 Å². The van der Waals surface area contributed by atoms with Crippen LogP contribution < -0.4 is 14.4 Å². The van der Waals surface area contributed by atoms with Crippen LogP contribution in [0.15, 0.2) is 111 Å². The number of benzene rings is 3. The predicted octanol–water partition coefficient (Wildman–Crippen LogP) is 7.10. The maximum atomic E-state index is 13.7. The van der Waals surface area contributed by atoms with Gasteiger partial charge in [-0.1, -0.05) is 89.8 Å². The second kappa shape index (κ2) is 12.8. The SMILES string of the molecule is COc1cc(C2C(C(=O)c3ccc(C)o3)=C(O)C(=O)N2c2nnc(SCc3ccccc3)s2)ccc1OCc1ccccc1. The van der Waals surface area contributed by atoms with Crippen LogP contribution in [0.25, 0.3) is 0 Å². The van der Waals surface area contributed by atoms with Crippen LogP contribution in [0.3, 0.4) is 0 Å². The Morgan fingerprint density at radius 3 is 2.39 bits per heavy atom. The molecule has 3 heterocycles. The normalized spacial score (nSPS) is 14.7. The van der Waals surface area contributed by atoms with Crippen molar-refractivity contribution in [2.75, 3.05) is 12.0 Å². The summed E-state index contributed by atoms with van der Waals surface area (Å²) >= 11 is 2.69. The Hall–Kier alpha value is -4.87. The highest BCUT2D eigenvalue weighted by atomic mass is 32.2. The van der Waals surface area contributed by atoms with Gasteiger partial charge in [0.2, 0.25) is 10.9 Å². The monoisotopic (exact) mass is 625 g/mol. The number of methoxy groups -OCH3 is 1. The molecule has 0 bridgehead atoms. The second-order valence-electron chi connectivity index (χ2n) is 9.89. The van der Waals surface area contributed by atoms with Gasteiger partial charge >= 0.3 is 0 Å². The minimum Gasteiger partial charge on any atom is -0.503 e. The highest BCUT2D eigenvalue weighted by molar-refractivity contribution is 8.00. The quantitative estimate of drug-likeness (QED) is 0.0932. The molecule has 1 atom stereocenters. The number of carbonyl (C=O) groups excluding carboxylic acids is 2. The van der Waals surface area contributed by atoms with Crippen LogP contribution in [-0.4, -0.2) is 34.1 Å². The van der Waals surface area contributed by atoms with Gasteiger partial charge in [-0.15, -0.1) is 10.2 Å². The van der Waals surface area contributed by atoms with Crippen LogP contribution in [0.1, 0.15) is 39.0 Å². The summed E-state index contributed by atoms with van der Waals surface area (Å²) in [5, 5.41) is 19.9. The van der Waals surface area contributed by atoms with Gasteiger partial charge in [-0.2, -0.15) is 0 Å². The number of hydrogen-bond acceptors (Lipinski definition) is 10. The van der Waals surface area contributed by atoms with Crippen molar-refractivity contribution < 1.29 is 28.6 Å². The van der Waals surface area contributed by atoms with E-state index in [0.717, 1.165) is 11.1 Å². The number of nitrogens with zero attached hydrogens (tertiary/aromatic N) is 3. The molecule has 3 aromatic carbocycles. The van der Waals surface area contributed by atoms with Gasteiger partial charge in [0.15, 0.2) is 27.4 Å². The summed E-state index contributed by atoms with van der Waals surface area (Å²) in [6.07, 6.45) is 0. The molecule has 1 N–H and O–H groups in total. The third-order valence-corrected chi connectivity index (χ3v) is 9.09. The molecule has 1 amide bonds. The molecule has 0 fully saturated rings. The summed E-state index contributed by atoms with van der Waals surface area (Å²) in [5.41, 5.74) is 2.48. The molecule has 0 spiro atoms. The van der Waals surface area contributed by atoms with E-state index in [2.05, 4.69) is 10.2 Å². The Balaban J connectivity index is 1.35. The Kier molecular flexibility index (Phi) is 8.49. The summed E-state index contributed by atoms with van der Waals surface area (Å²) in [6, 6.07) is 26.9. The maximum absolute atomic E-state index is 13.7. The van der Waals surface area contributed by atoms with E-state index in [4.69, 9.17) is 13.9 Å². The van der Waals surface area contributed by atoms with E-state index < -0.39 is 23.5 Å². The van der Waals surface area contributed by atoms with E-state index >= 15 is 0 Å². The number of rotatable bonds is 11. The number of ketones is 1. The molecule has 0 radical (unpaired) electrons. The first kappa shape index (κ1) is 29.2. The number of Topliss-reactive ketones (excluding diaryl/α,β-unsaturated/α-hetero) is 1. The van der Waals surface area contributed by atoms with Gasteiger partial charge in [-0.25, -0.2) is 0 Å². The van der Waals surface area contributed by atoms with Crippen molar-refractivity contribution in [1.82, 2.24) is 10.2 Å². The smallest absolute Gasteiger partial charge is 0.296 e. The van der Waals surface area contributed by atoms with Crippen molar-refractivity contribution in [3.05, 3.63) is 131 Å². The van der Waals surface area contributed by atoms with E-state index in [9.17, 15) is 14.7 Å². The fraction of sp³-hybridized carbons (Fsp3) is 0.152. The standard InChI is InChI=1S/C33H27N3O6S2/c1-20-13-15-25(42-20)29(37)27-28(23-14-16-24(26(17-23)40-2)41-18-21-9-5-3-6-10-21)36(31(39)30(27)38)32-34-35-33(44-32)43-19-22-11-7-4-8-12-22/h3-17,28,38H,18-19H2,1-2H3. The molecule has 222 valence electrons. The highest BCUT2D eigenvalue weighted by Crippen LogP contribution is 2.45. The van der Waals surface area contributed by atoms with Crippen molar-refractivity contribution in [3.8, 4) is 11.5 Å². The van der Waals surface area contributed by atoms with Gasteiger partial charge in [-0.05, 0) is 47.9 Å². The first-order valence-electron chi connectivity index (χ1n) is 13.7. The number of anilines is 1. The molecule has 9 nitrogen and oxygen atoms in total. The predicted molar refractivity (Wildman–Crippen MR) is 167 cm³/mol. The molecule has 5 aromatic rings. The zero-order valence-electron chi connectivity index (χ0n) is 23.8. The summed E-state index contributed by atoms with van der Waals surface area (Å²) in [4.78, 5) is 28.7. The van der Waals surface area contributed by atoms with Gasteiger partial charge in [0.1, 0.15) is 12.4 Å². The number of ether oxygens (including phenoxy) is 2. The van der Waals surface area contributed by atoms with Gasteiger partial charge in [0, 0.05) is 5.75 Å². The fourth-order valence-electron chi connectivity index (χ4n) is 4.83. The van der Waals surface area contributed by atoms with Gasteiger partial charge < -0.3 is 19.0 Å². The Labute approximate surface area is 261 Å². The summed E-state index contributed by atoms with van der Waals surface area (Å²) in [6.45, 7) is 2.03. The summed E-state index contributed by atoms with van der Waals surface area (Å²) in [7, 11) is 1.51. The number of thioether (sulfide) groups is 1. The van der Waals surface area contributed by atoms with Crippen LogP contribution >= 0.6 is 23.1 Å². The number of carbonyl (C=O) groups is 2. The fourth-order valence-corrected chi connectivity index (χ4v) is 6.65. The molecular weight excluding hydrogens is 599 g/mol.